The van der Waals surface area contributed by atoms with E-state index in [0.717, 1.165) is 50.6 Å². The van der Waals surface area contributed by atoms with Crippen LogP contribution in [0, 0.1) is 5.82 Å². The Kier molecular flexibility index (Phi) is 6.47. The van der Waals surface area contributed by atoms with Gasteiger partial charge in [-0.15, -0.1) is 0 Å². The van der Waals surface area contributed by atoms with Crippen molar-refractivity contribution in [2.45, 2.75) is 31.7 Å². The molecule has 3 heteroatoms. The molecule has 0 saturated carbocycles. The van der Waals surface area contributed by atoms with E-state index in [0.29, 0.717) is 0 Å². The predicted octanol–water partition coefficient (Wildman–Crippen LogP) is 6.14. The average molecular weight is 427 g/mol. The molecule has 0 bridgehead atoms. The molecule has 0 aromatic heterocycles. The van der Waals surface area contributed by atoms with Crippen LogP contribution < -0.4 is 5.32 Å². The molecule has 0 spiro atoms. The Hall–Kier alpha value is -2.75. The smallest absolute Gasteiger partial charge is 0.123 e. The van der Waals surface area contributed by atoms with Crippen LogP contribution >= 0.6 is 0 Å². The molecule has 3 aromatic carbocycles. The molecule has 0 amide bonds. The normalized spacial score (nSPS) is 18.0. The molecule has 2 fully saturated rings. The van der Waals surface area contributed by atoms with Crippen LogP contribution in [0.15, 0.2) is 84.4 Å². The van der Waals surface area contributed by atoms with Gasteiger partial charge in [-0.3, -0.25) is 4.90 Å². The Labute approximate surface area is 190 Å². The molecule has 0 unspecified atom stereocenters. The van der Waals surface area contributed by atoms with E-state index in [-0.39, 0.29) is 5.82 Å². The lowest BCUT2D eigenvalue weighted by atomic mass is 9.87. The van der Waals surface area contributed by atoms with Gasteiger partial charge in [0.2, 0.25) is 0 Å². The van der Waals surface area contributed by atoms with Gasteiger partial charge in [0.1, 0.15) is 5.82 Å². The molecule has 2 saturated heterocycles. The Morgan fingerprint density at radius 1 is 0.719 bits per heavy atom. The molecule has 0 radical (unpaired) electrons. The summed E-state index contributed by atoms with van der Waals surface area (Å²) in [5.41, 5.74) is 7.57. The first-order chi connectivity index (χ1) is 15.8. The summed E-state index contributed by atoms with van der Waals surface area (Å²) in [6, 6.07) is 27.1. The lowest BCUT2D eigenvalue weighted by molar-refractivity contribution is 0.152. The number of hydrogen-bond donors (Lipinski definition) is 1. The van der Waals surface area contributed by atoms with E-state index in [9.17, 15) is 4.39 Å². The molecule has 32 heavy (non-hydrogen) atoms. The minimum Gasteiger partial charge on any atom is -0.317 e. The van der Waals surface area contributed by atoms with Crippen molar-refractivity contribution in [1.82, 2.24) is 10.2 Å². The number of nitrogens with zero attached hydrogens (tertiary/aromatic N) is 1. The Morgan fingerprint density at radius 3 is 1.91 bits per heavy atom. The van der Waals surface area contributed by atoms with Gasteiger partial charge in [0.15, 0.2) is 0 Å². The van der Waals surface area contributed by atoms with Gasteiger partial charge in [-0.2, -0.15) is 0 Å². The summed E-state index contributed by atoms with van der Waals surface area (Å²) >= 11 is 0. The highest BCUT2D eigenvalue weighted by molar-refractivity contribution is 5.83. The van der Waals surface area contributed by atoms with Gasteiger partial charge in [-0.05, 0) is 78.7 Å². The monoisotopic (exact) mass is 426 g/mol. The van der Waals surface area contributed by atoms with Gasteiger partial charge in [-0.1, -0.05) is 72.3 Å². The van der Waals surface area contributed by atoms with Gasteiger partial charge in [0.25, 0.3) is 0 Å². The van der Waals surface area contributed by atoms with Crippen LogP contribution in [0.4, 0.5) is 4.39 Å². The summed E-state index contributed by atoms with van der Waals surface area (Å²) in [5.74, 6) is -0.182. The highest BCUT2D eigenvalue weighted by Crippen LogP contribution is 2.34. The van der Waals surface area contributed by atoms with E-state index < -0.39 is 0 Å². The van der Waals surface area contributed by atoms with Crippen LogP contribution in [-0.2, 0) is 0 Å². The third-order valence-corrected chi connectivity index (χ3v) is 6.99. The van der Waals surface area contributed by atoms with Gasteiger partial charge in [0.05, 0.1) is 0 Å². The van der Waals surface area contributed by atoms with E-state index in [2.05, 4.69) is 58.7 Å². The van der Waals surface area contributed by atoms with Crippen molar-refractivity contribution >= 4 is 5.57 Å². The third-order valence-electron chi connectivity index (χ3n) is 6.99. The van der Waals surface area contributed by atoms with Crippen LogP contribution in [-0.4, -0.2) is 37.1 Å². The number of rotatable bonds is 4. The minimum atomic E-state index is -0.182. The molecule has 2 aliphatic heterocycles. The Morgan fingerprint density at radius 2 is 1.28 bits per heavy atom. The first-order valence-corrected chi connectivity index (χ1v) is 11.9. The molecule has 3 aromatic rings. The zero-order chi connectivity index (χ0) is 21.8. The Balaban J connectivity index is 1.44. The molecular weight excluding hydrogens is 395 g/mol. The molecule has 2 aliphatic rings. The topological polar surface area (TPSA) is 15.3 Å². The Bertz CT molecular complexity index is 1040. The fourth-order valence-electron chi connectivity index (χ4n) is 5.23. The van der Waals surface area contributed by atoms with E-state index in [1.54, 1.807) is 12.1 Å². The second-order valence-electron chi connectivity index (χ2n) is 8.95. The molecular formula is C29H31FN2. The largest absolute Gasteiger partial charge is 0.317 e. The number of hydrogen-bond acceptors (Lipinski definition) is 2. The second-order valence-corrected chi connectivity index (χ2v) is 8.95. The second kappa shape index (κ2) is 9.81. The van der Waals surface area contributed by atoms with Gasteiger partial charge in [-0.25, -0.2) is 4.39 Å². The number of piperidine rings is 2. The molecule has 1 N–H and O–H groups in total. The van der Waals surface area contributed by atoms with E-state index in [1.165, 1.54) is 40.7 Å². The number of nitrogens with one attached hydrogen (secondary N) is 1. The molecule has 0 atom stereocenters. The van der Waals surface area contributed by atoms with Crippen LogP contribution in [0.5, 0.6) is 0 Å². The fourth-order valence-corrected chi connectivity index (χ4v) is 5.23. The lowest BCUT2D eigenvalue weighted by Gasteiger charge is -2.38. The van der Waals surface area contributed by atoms with Crippen LogP contribution in [0.3, 0.4) is 0 Å². The standard InChI is InChI=1S/C29H31FN2/c30-27-12-10-25(11-13-27)29(24-8-6-23(7-9-24)22-4-2-1-3-5-22)26-16-20-32(21-17-26)28-14-18-31-19-15-28/h1-13,28,31H,14-21H2. The van der Waals surface area contributed by atoms with E-state index in [4.69, 9.17) is 0 Å². The van der Waals surface area contributed by atoms with Crippen molar-refractivity contribution in [3.63, 3.8) is 0 Å². The van der Waals surface area contributed by atoms with Crippen LogP contribution in [0.2, 0.25) is 0 Å². The highest BCUT2D eigenvalue weighted by atomic mass is 19.1. The van der Waals surface area contributed by atoms with Crippen molar-refractivity contribution in [2.75, 3.05) is 26.2 Å². The van der Waals surface area contributed by atoms with E-state index >= 15 is 0 Å². The molecule has 0 aliphatic carbocycles. The molecule has 2 nitrogen and oxygen atoms in total. The van der Waals surface area contributed by atoms with Crippen molar-refractivity contribution in [1.29, 1.82) is 0 Å². The quantitative estimate of drug-likeness (QED) is 0.539. The molecule has 2 heterocycles. The highest BCUT2D eigenvalue weighted by Gasteiger charge is 2.25. The molecule has 164 valence electrons. The number of likely N-dealkylation sites (tertiary alicyclic amines) is 1. The maximum Gasteiger partial charge on any atom is 0.123 e. The molecule has 5 rings (SSSR count). The van der Waals surface area contributed by atoms with Gasteiger partial charge >= 0.3 is 0 Å². The van der Waals surface area contributed by atoms with Crippen molar-refractivity contribution in [3.8, 4) is 11.1 Å². The first kappa shape index (κ1) is 21.1. The maximum absolute atomic E-state index is 13.7. The van der Waals surface area contributed by atoms with Crippen molar-refractivity contribution in [2.24, 2.45) is 0 Å². The zero-order valence-corrected chi connectivity index (χ0v) is 18.6. The minimum absolute atomic E-state index is 0.182. The predicted molar refractivity (Wildman–Crippen MR) is 131 cm³/mol. The summed E-state index contributed by atoms with van der Waals surface area (Å²) < 4.78 is 13.7. The third kappa shape index (κ3) is 4.69. The summed E-state index contributed by atoms with van der Waals surface area (Å²) in [7, 11) is 0. The number of halogens is 1. The SMILES string of the molecule is Fc1ccc(C(=C2CCN(C3CCNCC3)CC2)c2ccc(-c3ccccc3)cc2)cc1. The van der Waals surface area contributed by atoms with Crippen LogP contribution in [0.25, 0.3) is 16.7 Å². The number of benzene rings is 3. The average Bonchev–Trinajstić information content (AvgIpc) is 2.87. The van der Waals surface area contributed by atoms with E-state index in [1.807, 2.05) is 18.2 Å². The summed E-state index contributed by atoms with van der Waals surface area (Å²) in [6.07, 6.45) is 4.67. The fraction of sp³-hybridized carbons (Fsp3) is 0.310. The first-order valence-electron chi connectivity index (χ1n) is 11.9. The van der Waals surface area contributed by atoms with Crippen molar-refractivity contribution in [3.05, 3.63) is 101 Å². The van der Waals surface area contributed by atoms with Gasteiger partial charge < -0.3 is 5.32 Å². The lowest BCUT2D eigenvalue weighted by Crippen LogP contribution is -2.45. The zero-order valence-electron chi connectivity index (χ0n) is 18.6. The summed E-state index contributed by atoms with van der Waals surface area (Å²) in [4.78, 5) is 2.69. The summed E-state index contributed by atoms with van der Waals surface area (Å²) in [5, 5.41) is 3.48. The van der Waals surface area contributed by atoms with Gasteiger partial charge in [0, 0.05) is 19.1 Å². The summed E-state index contributed by atoms with van der Waals surface area (Å²) in [6.45, 7) is 4.51. The van der Waals surface area contributed by atoms with Crippen LogP contribution in [0.1, 0.15) is 36.8 Å². The maximum atomic E-state index is 13.7. The van der Waals surface area contributed by atoms with Crippen molar-refractivity contribution < 1.29 is 4.39 Å².